The van der Waals surface area contributed by atoms with Gasteiger partial charge in [-0.05, 0) is 55.1 Å². The van der Waals surface area contributed by atoms with E-state index in [1.165, 1.54) is 22.3 Å². The summed E-state index contributed by atoms with van der Waals surface area (Å²) in [6.07, 6.45) is 5.03. The topological polar surface area (TPSA) is 35.2 Å². The van der Waals surface area contributed by atoms with Crippen LogP contribution in [0.1, 0.15) is 22.3 Å². The molecule has 0 atom stereocenters. The van der Waals surface area contributed by atoms with Gasteiger partial charge in [0.25, 0.3) is 0 Å². The summed E-state index contributed by atoms with van der Waals surface area (Å²) in [7, 11) is 0. The Bertz CT molecular complexity index is 579. The Hall–Kier alpha value is -2.06. The second-order valence-corrected chi connectivity index (χ2v) is 5.22. The third-order valence-corrected chi connectivity index (χ3v) is 3.39. The number of ether oxygens (including phenoxy) is 1. The Morgan fingerprint density at radius 3 is 2.33 bits per heavy atom. The van der Waals surface area contributed by atoms with E-state index >= 15 is 0 Å². The molecule has 2 aromatic carbocycles. The van der Waals surface area contributed by atoms with Crippen molar-refractivity contribution in [1.82, 2.24) is 0 Å². The van der Waals surface area contributed by atoms with Crippen molar-refractivity contribution in [1.29, 1.82) is 0 Å². The molecule has 2 rings (SSSR count). The zero-order chi connectivity index (χ0) is 15.1. The Labute approximate surface area is 127 Å². The summed E-state index contributed by atoms with van der Waals surface area (Å²) in [6, 6.07) is 14.6. The van der Waals surface area contributed by atoms with Gasteiger partial charge in [-0.3, -0.25) is 0 Å². The van der Waals surface area contributed by atoms with E-state index < -0.39 is 0 Å². The molecule has 0 aliphatic carbocycles. The highest BCUT2D eigenvalue weighted by atomic mass is 16.5. The molecule has 2 aromatic rings. The van der Waals surface area contributed by atoms with Crippen LogP contribution in [-0.2, 0) is 6.42 Å². The Balaban J connectivity index is 1.99. The number of rotatable bonds is 6. The second kappa shape index (κ2) is 7.65. The average Bonchev–Trinajstić information content (AvgIpc) is 2.47. The average molecular weight is 281 g/mol. The lowest BCUT2D eigenvalue weighted by atomic mass is 10.0. The van der Waals surface area contributed by atoms with Crippen molar-refractivity contribution in [2.75, 3.05) is 13.2 Å². The Morgan fingerprint density at radius 1 is 1.05 bits per heavy atom. The van der Waals surface area contributed by atoms with Crippen LogP contribution in [-0.4, -0.2) is 13.2 Å². The van der Waals surface area contributed by atoms with Gasteiger partial charge in [-0.2, -0.15) is 0 Å². The van der Waals surface area contributed by atoms with Crippen molar-refractivity contribution in [2.45, 2.75) is 20.3 Å². The van der Waals surface area contributed by atoms with Gasteiger partial charge in [0.15, 0.2) is 0 Å². The van der Waals surface area contributed by atoms with Crippen LogP contribution in [0.2, 0.25) is 0 Å². The second-order valence-electron chi connectivity index (χ2n) is 5.22. The molecular weight excluding hydrogens is 258 g/mol. The number of hydrogen-bond donors (Lipinski definition) is 1. The molecule has 0 unspecified atom stereocenters. The predicted octanol–water partition coefficient (Wildman–Crippen LogP) is 3.90. The third-order valence-electron chi connectivity index (χ3n) is 3.39. The van der Waals surface area contributed by atoms with Crippen molar-refractivity contribution in [2.24, 2.45) is 5.73 Å². The van der Waals surface area contributed by atoms with Crippen molar-refractivity contribution in [3.63, 3.8) is 0 Å². The standard InChI is InChI=1S/C19H23NO/c1-15-13-18(10-11-20)14-16(2)19(15)21-12-6-9-17-7-4-3-5-8-17/h3-9,13-14H,10-12,20H2,1-2H3/b9-6+. The van der Waals surface area contributed by atoms with Crippen LogP contribution in [0.25, 0.3) is 6.08 Å². The first kappa shape index (κ1) is 15.3. The molecule has 0 amide bonds. The smallest absolute Gasteiger partial charge is 0.125 e. The monoisotopic (exact) mass is 281 g/mol. The van der Waals surface area contributed by atoms with Gasteiger partial charge in [-0.15, -0.1) is 0 Å². The van der Waals surface area contributed by atoms with Crippen LogP contribution >= 0.6 is 0 Å². The van der Waals surface area contributed by atoms with E-state index in [1.54, 1.807) is 0 Å². The summed E-state index contributed by atoms with van der Waals surface area (Å²) in [5.74, 6) is 0.980. The van der Waals surface area contributed by atoms with Crippen LogP contribution in [0.15, 0.2) is 48.5 Å². The molecule has 0 aliphatic heterocycles. The molecule has 0 saturated heterocycles. The van der Waals surface area contributed by atoms with Gasteiger partial charge in [0, 0.05) is 0 Å². The van der Waals surface area contributed by atoms with Gasteiger partial charge in [0.1, 0.15) is 12.4 Å². The number of benzene rings is 2. The van der Waals surface area contributed by atoms with Crippen molar-refractivity contribution in [3.05, 3.63) is 70.8 Å². The molecule has 0 bridgehead atoms. The first-order chi connectivity index (χ1) is 10.2. The fourth-order valence-corrected chi connectivity index (χ4v) is 2.46. The van der Waals surface area contributed by atoms with Crippen molar-refractivity contribution < 1.29 is 4.74 Å². The van der Waals surface area contributed by atoms with Gasteiger partial charge in [0.05, 0.1) is 0 Å². The molecule has 2 heteroatoms. The first-order valence-corrected chi connectivity index (χ1v) is 7.35. The van der Waals surface area contributed by atoms with Gasteiger partial charge in [0.2, 0.25) is 0 Å². The van der Waals surface area contributed by atoms with E-state index in [-0.39, 0.29) is 0 Å². The lowest BCUT2D eigenvalue weighted by Gasteiger charge is -2.12. The highest BCUT2D eigenvalue weighted by Crippen LogP contribution is 2.25. The van der Waals surface area contributed by atoms with Crippen LogP contribution in [0.4, 0.5) is 0 Å². The van der Waals surface area contributed by atoms with Crippen LogP contribution in [0.5, 0.6) is 5.75 Å². The molecule has 0 saturated carbocycles. The summed E-state index contributed by atoms with van der Waals surface area (Å²) < 4.78 is 5.90. The quantitative estimate of drug-likeness (QED) is 0.871. The predicted molar refractivity (Wildman–Crippen MR) is 89.6 cm³/mol. The summed E-state index contributed by atoms with van der Waals surface area (Å²) in [5.41, 5.74) is 10.4. The molecule has 21 heavy (non-hydrogen) atoms. The van der Waals surface area contributed by atoms with Crippen LogP contribution in [0, 0.1) is 13.8 Å². The molecule has 0 heterocycles. The summed E-state index contributed by atoms with van der Waals surface area (Å²) in [4.78, 5) is 0. The van der Waals surface area contributed by atoms with Gasteiger partial charge < -0.3 is 10.5 Å². The Kier molecular flexibility index (Phi) is 5.59. The van der Waals surface area contributed by atoms with E-state index in [0.717, 1.165) is 12.2 Å². The minimum atomic E-state index is 0.576. The molecule has 110 valence electrons. The van der Waals surface area contributed by atoms with E-state index in [2.05, 4.69) is 44.2 Å². The third kappa shape index (κ3) is 4.47. The maximum Gasteiger partial charge on any atom is 0.125 e. The zero-order valence-electron chi connectivity index (χ0n) is 12.8. The highest BCUT2D eigenvalue weighted by molar-refractivity contribution is 5.49. The molecule has 0 aliphatic rings. The van der Waals surface area contributed by atoms with E-state index in [4.69, 9.17) is 10.5 Å². The fraction of sp³-hybridized carbons (Fsp3) is 0.263. The fourth-order valence-electron chi connectivity index (χ4n) is 2.46. The first-order valence-electron chi connectivity index (χ1n) is 7.35. The largest absolute Gasteiger partial charge is 0.489 e. The lowest BCUT2D eigenvalue weighted by molar-refractivity contribution is 0.358. The van der Waals surface area contributed by atoms with Crippen molar-refractivity contribution >= 4 is 6.08 Å². The molecule has 0 aromatic heterocycles. The zero-order valence-corrected chi connectivity index (χ0v) is 12.8. The molecule has 0 radical (unpaired) electrons. The Morgan fingerprint density at radius 2 is 1.71 bits per heavy atom. The molecule has 2 N–H and O–H groups in total. The molecule has 2 nitrogen and oxygen atoms in total. The number of aryl methyl sites for hydroxylation is 2. The maximum absolute atomic E-state index is 5.90. The SMILES string of the molecule is Cc1cc(CCN)cc(C)c1OC/C=C/c1ccccc1. The normalized spacial score (nSPS) is 11.0. The minimum absolute atomic E-state index is 0.576. The van der Waals surface area contributed by atoms with Crippen LogP contribution in [0.3, 0.4) is 0 Å². The molecule has 0 fully saturated rings. The van der Waals surface area contributed by atoms with Crippen LogP contribution < -0.4 is 10.5 Å². The van der Waals surface area contributed by atoms with Crippen molar-refractivity contribution in [3.8, 4) is 5.75 Å². The maximum atomic E-state index is 5.90. The molecule has 0 spiro atoms. The number of hydrogen-bond acceptors (Lipinski definition) is 2. The minimum Gasteiger partial charge on any atom is -0.489 e. The molecular formula is C19H23NO. The lowest BCUT2D eigenvalue weighted by Crippen LogP contribution is -2.04. The summed E-state index contributed by atoms with van der Waals surface area (Å²) in [6.45, 7) is 5.43. The highest BCUT2D eigenvalue weighted by Gasteiger charge is 2.05. The summed E-state index contributed by atoms with van der Waals surface area (Å²) >= 11 is 0. The van der Waals surface area contributed by atoms with Gasteiger partial charge >= 0.3 is 0 Å². The van der Waals surface area contributed by atoms with Gasteiger partial charge in [-0.1, -0.05) is 48.5 Å². The van der Waals surface area contributed by atoms with E-state index in [9.17, 15) is 0 Å². The van der Waals surface area contributed by atoms with E-state index in [0.29, 0.717) is 13.2 Å². The summed E-state index contributed by atoms with van der Waals surface area (Å²) in [5, 5.41) is 0. The van der Waals surface area contributed by atoms with Gasteiger partial charge in [-0.25, -0.2) is 0 Å². The number of nitrogens with two attached hydrogens (primary N) is 1. The van der Waals surface area contributed by atoms with E-state index in [1.807, 2.05) is 24.3 Å².